The monoisotopic (exact) mass is 176 g/mol. The van der Waals surface area contributed by atoms with Crippen LogP contribution in [0.5, 0.6) is 0 Å². The van der Waals surface area contributed by atoms with Crippen LogP contribution < -0.4 is 0 Å². The molecule has 0 saturated carbocycles. The summed E-state index contributed by atoms with van der Waals surface area (Å²) in [6.45, 7) is 4.01. The molecule has 13 heavy (non-hydrogen) atoms. The van der Waals surface area contributed by atoms with E-state index < -0.39 is 0 Å². The van der Waals surface area contributed by atoms with E-state index in [2.05, 4.69) is 15.0 Å². The van der Waals surface area contributed by atoms with Gasteiger partial charge in [0, 0.05) is 13.5 Å². The van der Waals surface area contributed by atoms with Gasteiger partial charge in [-0.25, -0.2) is 15.0 Å². The molecule has 0 amide bonds. The predicted molar refractivity (Wildman–Crippen MR) is 50.4 cm³/mol. The average molecular weight is 176 g/mol. The van der Waals surface area contributed by atoms with Gasteiger partial charge in [-0.1, -0.05) is 6.92 Å². The molecular formula is C9H12N4. The first-order valence-electron chi connectivity index (χ1n) is 4.37. The van der Waals surface area contributed by atoms with Crippen LogP contribution in [0.25, 0.3) is 11.2 Å². The van der Waals surface area contributed by atoms with Gasteiger partial charge in [-0.05, 0) is 6.92 Å². The Morgan fingerprint density at radius 1 is 1.38 bits per heavy atom. The van der Waals surface area contributed by atoms with Crippen molar-refractivity contribution in [3.05, 3.63) is 17.8 Å². The molecule has 0 saturated heterocycles. The third-order valence-corrected chi connectivity index (χ3v) is 2.20. The summed E-state index contributed by atoms with van der Waals surface area (Å²) < 4.78 is 1.98. The Morgan fingerprint density at radius 2 is 2.15 bits per heavy atom. The Labute approximate surface area is 76.7 Å². The molecule has 2 aromatic rings. The number of hydrogen-bond donors (Lipinski definition) is 0. The molecule has 0 N–H and O–H groups in total. The van der Waals surface area contributed by atoms with Gasteiger partial charge in [0.2, 0.25) is 0 Å². The molecule has 0 aliphatic rings. The van der Waals surface area contributed by atoms with E-state index in [4.69, 9.17) is 0 Å². The molecule has 0 atom stereocenters. The Balaban J connectivity index is 2.75. The van der Waals surface area contributed by atoms with Gasteiger partial charge in [-0.15, -0.1) is 0 Å². The summed E-state index contributed by atoms with van der Waals surface area (Å²) in [6, 6.07) is 0. The average Bonchev–Trinajstić information content (AvgIpc) is 2.43. The van der Waals surface area contributed by atoms with Gasteiger partial charge < -0.3 is 4.57 Å². The molecule has 68 valence electrons. The largest absolute Gasteiger partial charge is 0.316 e. The standard InChI is InChI=1S/C9H12N4/c1-4-8-10-5-7-9(12-8)13(3)6(2)11-7/h5H,4H2,1-3H3. The fourth-order valence-corrected chi connectivity index (χ4v) is 1.30. The molecule has 2 aromatic heterocycles. The number of nitrogens with zero attached hydrogens (tertiary/aromatic N) is 4. The third-order valence-electron chi connectivity index (χ3n) is 2.20. The molecule has 4 heteroatoms. The highest BCUT2D eigenvalue weighted by atomic mass is 15.1. The normalized spacial score (nSPS) is 11.0. The maximum atomic E-state index is 4.40. The molecule has 0 bridgehead atoms. The van der Waals surface area contributed by atoms with Gasteiger partial charge >= 0.3 is 0 Å². The molecule has 0 radical (unpaired) electrons. The highest BCUT2D eigenvalue weighted by Gasteiger charge is 2.05. The maximum absolute atomic E-state index is 4.40. The van der Waals surface area contributed by atoms with Crippen LogP contribution in [-0.2, 0) is 13.5 Å². The minimum absolute atomic E-state index is 0.861. The molecule has 0 fully saturated rings. The number of aryl methyl sites for hydroxylation is 3. The van der Waals surface area contributed by atoms with Gasteiger partial charge in [-0.3, -0.25) is 0 Å². The fraction of sp³-hybridized carbons (Fsp3) is 0.444. The van der Waals surface area contributed by atoms with E-state index in [1.165, 1.54) is 0 Å². The number of fused-ring (bicyclic) bond motifs is 1. The predicted octanol–water partition coefficient (Wildman–Crippen LogP) is 1.23. The summed E-state index contributed by atoms with van der Waals surface area (Å²) in [5.74, 6) is 1.84. The molecule has 0 unspecified atom stereocenters. The highest BCUT2D eigenvalue weighted by molar-refractivity contribution is 5.70. The second kappa shape index (κ2) is 2.80. The zero-order valence-electron chi connectivity index (χ0n) is 8.07. The van der Waals surface area contributed by atoms with Gasteiger partial charge in [0.25, 0.3) is 0 Å². The summed E-state index contributed by atoms with van der Waals surface area (Å²) in [7, 11) is 1.97. The molecule has 2 rings (SSSR count). The molecule has 0 aromatic carbocycles. The first kappa shape index (κ1) is 8.16. The summed E-state index contributed by atoms with van der Waals surface area (Å²) in [4.78, 5) is 12.9. The van der Waals surface area contributed by atoms with Crippen LogP contribution in [0, 0.1) is 6.92 Å². The van der Waals surface area contributed by atoms with Crippen molar-refractivity contribution in [2.45, 2.75) is 20.3 Å². The number of hydrogen-bond acceptors (Lipinski definition) is 3. The van der Waals surface area contributed by atoms with E-state index in [1.807, 2.05) is 25.5 Å². The van der Waals surface area contributed by atoms with Crippen LogP contribution in [0.2, 0.25) is 0 Å². The summed E-state index contributed by atoms with van der Waals surface area (Å²) in [5.41, 5.74) is 1.79. The molecule has 2 heterocycles. The van der Waals surface area contributed by atoms with Crippen molar-refractivity contribution in [1.82, 2.24) is 19.5 Å². The summed E-state index contributed by atoms with van der Waals surface area (Å²) in [6.07, 6.45) is 2.65. The zero-order chi connectivity index (χ0) is 9.42. The minimum Gasteiger partial charge on any atom is -0.316 e. The highest BCUT2D eigenvalue weighted by Crippen LogP contribution is 2.10. The first-order chi connectivity index (χ1) is 6.22. The fourth-order valence-electron chi connectivity index (χ4n) is 1.30. The van der Waals surface area contributed by atoms with Crippen molar-refractivity contribution in [1.29, 1.82) is 0 Å². The Hall–Kier alpha value is -1.45. The van der Waals surface area contributed by atoms with Crippen molar-refractivity contribution in [3.63, 3.8) is 0 Å². The van der Waals surface area contributed by atoms with Gasteiger partial charge in [0.15, 0.2) is 5.65 Å². The topological polar surface area (TPSA) is 43.6 Å². The van der Waals surface area contributed by atoms with E-state index in [9.17, 15) is 0 Å². The first-order valence-corrected chi connectivity index (χ1v) is 4.37. The van der Waals surface area contributed by atoms with Crippen LogP contribution in [0.3, 0.4) is 0 Å². The number of imidazole rings is 1. The van der Waals surface area contributed by atoms with Crippen LogP contribution in [0.1, 0.15) is 18.6 Å². The second-order valence-electron chi connectivity index (χ2n) is 3.07. The number of rotatable bonds is 1. The lowest BCUT2D eigenvalue weighted by Crippen LogP contribution is -1.96. The van der Waals surface area contributed by atoms with E-state index >= 15 is 0 Å². The zero-order valence-corrected chi connectivity index (χ0v) is 8.07. The lowest BCUT2D eigenvalue weighted by molar-refractivity contribution is 0.860. The van der Waals surface area contributed by atoms with Crippen LogP contribution in [-0.4, -0.2) is 19.5 Å². The Bertz CT molecular complexity index is 444. The smallest absolute Gasteiger partial charge is 0.163 e. The summed E-state index contributed by atoms with van der Waals surface area (Å²) >= 11 is 0. The van der Waals surface area contributed by atoms with Gasteiger partial charge in [-0.2, -0.15) is 0 Å². The lowest BCUT2D eigenvalue weighted by atomic mass is 10.4. The SMILES string of the molecule is CCc1ncc2nc(C)n(C)c2n1. The lowest BCUT2D eigenvalue weighted by Gasteiger charge is -1.96. The Kier molecular flexibility index (Phi) is 1.76. The van der Waals surface area contributed by atoms with E-state index in [0.29, 0.717) is 0 Å². The van der Waals surface area contributed by atoms with E-state index in [1.54, 1.807) is 6.20 Å². The molecule has 4 nitrogen and oxygen atoms in total. The van der Waals surface area contributed by atoms with Gasteiger partial charge in [0.1, 0.15) is 17.2 Å². The van der Waals surface area contributed by atoms with Crippen molar-refractivity contribution in [2.75, 3.05) is 0 Å². The Morgan fingerprint density at radius 3 is 2.85 bits per heavy atom. The quantitative estimate of drug-likeness (QED) is 0.656. The van der Waals surface area contributed by atoms with Gasteiger partial charge in [0.05, 0.1) is 6.20 Å². The van der Waals surface area contributed by atoms with Crippen LogP contribution >= 0.6 is 0 Å². The van der Waals surface area contributed by atoms with Crippen molar-refractivity contribution < 1.29 is 0 Å². The second-order valence-corrected chi connectivity index (χ2v) is 3.07. The molecular weight excluding hydrogens is 164 g/mol. The van der Waals surface area contributed by atoms with Crippen LogP contribution in [0.4, 0.5) is 0 Å². The third kappa shape index (κ3) is 1.18. The molecule has 0 aliphatic carbocycles. The van der Waals surface area contributed by atoms with Crippen molar-refractivity contribution >= 4 is 11.2 Å². The van der Waals surface area contributed by atoms with Crippen molar-refractivity contribution in [2.24, 2.45) is 7.05 Å². The molecule has 0 spiro atoms. The van der Waals surface area contributed by atoms with Crippen LogP contribution in [0.15, 0.2) is 6.20 Å². The number of aromatic nitrogens is 4. The minimum atomic E-state index is 0.861. The van der Waals surface area contributed by atoms with Crippen molar-refractivity contribution in [3.8, 4) is 0 Å². The van der Waals surface area contributed by atoms with E-state index in [-0.39, 0.29) is 0 Å². The summed E-state index contributed by atoms with van der Waals surface area (Å²) in [5, 5.41) is 0. The maximum Gasteiger partial charge on any atom is 0.163 e. The molecule has 0 aliphatic heterocycles. The van der Waals surface area contributed by atoms with E-state index in [0.717, 1.165) is 29.2 Å².